The smallest absolute Gasteiger partial charge is 0.258 e. The molecular formula is C6H4N2OS. The van der Waals surface area contributed by atoms with Gasteiger partial charge in [0, 0.05) is 0 Å². The summed E-state index contributed by atoms with van der Waals surface area (Å²) in [4.78, 5) is 11.4. The molecule has 0 bridgehead atoms. The van der Waals surface area contributed by atoms with E-state index in [4.69, 9.17) is 11.0 Å². The van der Waals surface area contributed by atoms with Crippen LogP contribution >= 0.6 is 11.3 Å². The second kappa shape index (κ2) is 2.50. The highest BCUT2D eigenvalue weighted by molar-refractivity contribution is 7.14. The molecule has 0 aliphatic heterocycles. The molecule has 1 amide bonds. The zero-order valence-electron chi connectivity index (χ0n) is 5.00. The van der Waals surface area contributed by atoms with Crippen LogP contribution in [0.4, 0.5) is 0 Å². The molecule has 0 aliphatic rings. The van der Waals surface area contributed by atoms with Gasteiger partial charge in [0.25, 0.3) is 5.91 Å². The average molecular weight is 152 g/mol. The topological polar surface area (TPSA) is 66.9 Å². The van der Waals surface area contributed by atoms with Crippen molar-refractivity contribution >= 4 is 17.2 Å². The van der Waals surface area contributed by atoms with Crippen LogP contribution in [0.15, 0.2) is 12.1 Å². The number of rotatable bonds is 1. The van der Waals surface area contributed by atoms with Crippen LogP contribution in [0, 0.1) is 11.3 Å². The first-order chi connectivity index (χ1) is 4.74. The molecule has 0 saturated carbocycles. The Morgan fingerprint density at radius 2 is 2.40 bits per heavy atom. The van der Waals surface area contributed by atoms with Gasteiger partial charge in [-0.3, -0.25) is 4.79 Å². The maximum atomic E-state index is 10.5. The molecule has 0 saturated heterocycles. The lowest BCUT2D eigenvalue weighted by molar-refractivity contribution is 0.100. The number of primary amides is 1. The third kappa shape index (κ3) is 1.14. The van der Waals surface area contributed by atoms with Gasteiger partial charge in [-0.15, -0.1) is 11.3 Å². The fraction of sp³-hybridized carbons (Fsp3) is 0. The van der Waals surface area contributed by atoms with E-state index in [1.807, 2.05) is 6.07 Å². The highest BCUT2D eigenvalue weighted by atomic mass is 32.1. The summed E-state index contributed by atoms with van der Waals surface area (Å²) >= 11 is 1.11. The summed E-state index contributed by atoms with van der Waals surface area (Å²) in [5, 5.41) is 8.34. The van der Waals surface area contributed by atoms with Crippen molar-refractivity contribution in [2.75, 3.05) is 0 Å². The zero-order chi connectivity index (χ0) is 7.56. The second-order valence-electron chi connectivity index (χ2n) is 1.64. The molecule has 2 N–H and O–H groups in total. The van der Waals surface area contributed by atoms with Crippen LogP contribution in [-0.4, -0.2) is 5.91 Å². The molecule has 3 nitrogen and oxygen atoms in total. The lowest BCUT2D eigenvalue weighted by atomic mass is 10.4. The van der Waals surface area contributed by atoms with E-state index in [2.05, 4.69) is 0 Å². The quantitative estimate of drug-likeness (QED) is 0.644. The first-order valence-electron chi connectivity index (χ1n) is 2.54. The summed E-state index contributed by atoms with van der Waals surface area (Å²) in [6.45, 7) is 0. The summed E-state index contributed by atoms with van der Waals surface area (Å²) < 4.78 is 0. The van der Waals surface area contributed by atoms with Gasteiger partial charge >= 0.3 is 0 Å². The van der Waals surface area contributed by atoms with Crippen molar-refractivity contribution in [3.63, 3.8) is 0 Å². The van der Waals surface area contributed by atoms with Gasteiger partial charge in [0.15, 0.2) is 0 Å². The van der Waals surface area contributed by atoms with Crippen LogP contribution in [0.1, 0.15) is 14.5 Å². The summed E-state index contributed by atoms with van der Waals surface area (Å²) in [5.74, 6) is -0.480. The second-order valence-corrected chi connectivity index (χ2v) is 2.72. The molecule has 10 heavy (non-hydrogen) atoms. The Balaban J connectivity index is 3.02. The first-order valence-corrected chi connectivity index (χ1v) is 3.35. The monoisotopic (exact) mass is 152 g/mol. The molecule has 50 valence electrons. The van der Waals surface area contributed by atoms with Crippen LogP contribution in [0.25, 0.3) is 0 Å². The summed E-state index contributed by atoms with van der Waals surface area (Å²) in [7, 11) is 0. The van der Waals surface area contributed by atoms with Crippen molar-refractivity contribution < 1.29 is 4.79 Å². The van der Waals surface area contributed by atoms with Crippen molar-refractivity contribution in [1.29, 1.82) is 5.26 Å². The molecule has 0 atom stereocenters. The van der Waals surface area contributed by atoms with Crippen LogP contribution < -0.4 is 5.73 Å². The number of hydrogen-bond acceptors (Lipinski definition) is 3. The highest BCUT2D eigenvalue weighted by Crippen LogP contribution is 2.13. The minimum atomic E-state index is -0.480. The normalized spacial score (nSPS) is 8.70. The Bertz CT molecular complexity index is 297. The number of amides is 1. The Kier molecular flexibility index (Phi) is 1.69. The van der Waals surface area contributed by atoms with E-state index in [1.165, 1.54) is 0 Å². The van der Waals surface area contributed by atoms with Crippen molar-refractivity contribution in [2.45, 2.75) is 0 Å². The minimum absolute atomic E-state index is 0.427. The Morgan fingerprint density at radius 3 is 2.70 bits per heavy atom. The number of nitrogens with zero attached hydrogens (tertiary/aromatic N) is 1. The molecule has 0 aliphatic carbocycles. The standard InChI is InChI=1S/C6H4N2OS/c7-3-4-1-2-5(10-4)6(8)9/h1-2H,(H2,8,9). The van der Waals surface area contributed by atoms with Gasteiger partial charge in [0.2, 0.25) is 0 Å². The third-order valence-electron chi connectivity index (χ3n) is 0.959. The SMILES string of the molecule is N#Cc1ccc(C(N)=O)s1. The zero-order valence-corrected chi connectivity index (χ0v) is 5.81. The maximum absolute atomic E-state index is 10.5. The molecular weight excluding hydrogens is 148 g/mol. The van der Waals surface area contributed by atoms with Gasteiger partial charge in [0.05, 0.1) is 4.88 Å². The molecule has 0 fully saturated rings. The molecule has 1 heterocycles. The molecule has 0 aromatic carbocycles. The molecule has 0 spiro atoms. The first kappa shape index (κ1) is 6.78. The van der Waals surface area contributed by atoms with Crippen LogP contribution in [0.2, 0.25) is 0 Å². The van der Waals surface area contributed by atoms with E-state index in [0.29, 0.717) is 9.75 Å². The van der Waals surface area contributed by atoms with Crippen molar-refractivity contribution in [2.24, 2.45) is 5.73 Å². The van der Waals surface area contributed by atoms with E-state index < -0.39 is 5.91 Å². The lowest BCUT2D eigenvalue weighted by Gasteiger charge is -1.80. The van der Waals surface area contributed by atoms with Gasteiger partial charge in [-0.2, -0.15) is 5.26 Å². The van der Waals surface area contributed by atoms with E-state index in [0.717, 1.165) is 11.3 Å². The van der Waals surface area contributed by atoms with Gasteiger partial charge in [-0.05, 0) is 12.1 Å². The Hall–Kier alpha value is -1.34. The molecule has 0 radical (unpaired) electrons. The van der Waals surface area contributed by atoms with Crippen molar-refractivity contribution in [3.05, 3.63) is 21.9 Å². The Morgan fingerprint density at radius 1 is 1.70 bits per heavy atom. The van der Waals surface area contributed by atoms with Crippen molar-refractivity contribution in [3.8, 4) is 6.07 Å². The predicted octanol–water partition coefficient (Wildman–Crippen LogP) is 0.719. The summed E-state index contributed by atoms with van der Waals surface area (Å²) in [5.41, 5.74) is 4.94. The number of carbonyl (C=O) groups excluding carboxylic acids is 1. The number of nitrogens with two attached hydrogens (primary N) is 1. The van der Waals surface area contributed by atoms with Crippen molar-refractivity contribution in [1.82, 2.24) is 0 Å². The van der Waals surface area contributed by atoms with Gasteiger partial charge in [0.1, 0.15) is 10.9 Å². The minimum Gasteiger partial charge on any atom is -0.365 e. The summed E-state index contributed by atoms with van der Waals surface area (Å²) in [6, 6.07) is 5.03. The maximum Gasteiger partial charge on any atom is 0.258 e. The van der Waals surface area contributed by atoms with E-state index in [1.54, 1.807) is 12.1 Å². The van der Waals surface area contributed by atoms with Crippen LogP contribution in [0.5, 0.6) is 0 Å². The van der Waals surface area contributed by atoms with E-state index in [-0.39, 0.29) is 0 Å². The van der Waals surface area contributed by atoms with E-state index in [9.17, 15) is 4.79 Å². The Labute approximate surface area is 61.7 Å². The largest absolute Gasteiger partial charge is 0.365 e. The number of nitriles is 1. The van der Waals surface area contributed by atoms with Crippen LogP contribution in [0.3, 0.4) is 0 Å². The molecule has 4 heteroatoms. The fourth-order valence-electron chi connectivity index (χ4n) is 0.530. The van der Waals surface area contributed by atoms with Crippen LogP contribution in [-0.2, 0) is 0 Å². The highest BCUT2D eigenvalue weighted by Gasteiger charge is 2.02. The van der Waals surface area contributed by atoms with E-state index >= 15 is 0 Å². The molecule has 1 aromatic heterocycles. The molecule has 1 rings (SSSR count). The number of hydrogen-bond donors (Lipinski definition) is 1. The summed E-state index contributed by atoms with van der Waals surface area (Å²) in [6.07, 6.45) is 0. The van der Waals surface area contributed by atoms with Gasteiger partial charge in [-0.25, -0.2) is 0 Å². The lowest BCUT2D eigenvalue weighted by Crippen LogP contribution is -2.07. The van der Waals surface area contributed by atoms with Gasteiger partial charge in [-0.1, -0.05) is 0 Å². The third-order valence-corrected chi connectivity index (χ3v) is 1.96. The molecule has 0 unspecified atom stereocenters. The fourth-order valence-corrected chi connectivity index (χ4v) is 1.19. The average Bonchev–Trinajstić information content (AvgIpc) is 2.34. The predicted molar refractivity (Wildman–Crippen MR) is 37.6 cm³/mol. The molecule has 1 aromatic rings. The number of thiophene rings is 1. The van der Waals surface area contributed by atoms with Gasteiger partial charge < -0.3 is 5.73 Å². The number of carbonyl (C=O) groups is 1.